The summed E-state index contributed by atoms with van der Waals surface area (Å²) in [5, 5.41) is 20.8. The molecule has 0 radical (unpaired) electrons. The molecule has 0 saturated heterocycles. The van der Waals surface area contributed by atoms with Crippen molar-refractivity contribution in [3.63, 3.8) is 0 Å². The van der Waals surface area contributed by atoms with Crippen molar-refractivity contribution in [1.82, 2.24) is 4.90 Å². The monoisotopic (exact) mass is 442 g/mol. The van der Waals surface area contributed by atoms with E-state index in [0.717, 1.165) is 5.56 Å². The van der Waals surface area contributed by atoms with Gasteiger partial charge in [-0.2, -0.15) is 7.82 Å². The molecule has 0 spiro atoms. The molecular weight excluding hydrogens is 417 g/mol. The van der Waals surface area contributed by atoms with Gasteiger partial charge in [-0.15, -0.1) is 11.3 Å². The summed E-state index contributed by atoms with van der Waals surface area (Å²) in [5.41, 5.74) is 2.06. The maximum absolute atomic E-state index is 12.9. The highest BCUT2D eigenvalue weighted by Crippen LogP contribution is 2.39. The molecule has 0 bridgehead atoms. The van der Waals surface area contributed by atoms with Gasteiger partial charge in [-0.3, -0.25) is 9.69 Å². The number of ketones is 1. The first-order valence-electron chi connectivity index (χ1n) is 8.71. The number of aromatic hydroxyl groups is 1. The number of aliphatic hydroxyl groups excluding tert-OH is 1. The topological polar surface area (TPSA) is 147 Å². The van der Waals surface area contributed by atoms with E-state index in [9.17, 15) is 9.90 Å². The van der Waals surface area contributed by atoms with E-state index in [1.165, 1.54) is 11.3 Å². The highest BCUT2D eigenvalue weighted by Gasteiger charge is 2.28. The second-order valence-corrected chi connectivity index (χ2v) is 9.29. The fourth-order valence-electron chi connectivity index (χ4n) is 2.74. The van der Waals surface area contributed by atoms with Gasteiger partial charge in [0.15, 0.2) is 0 Å². The first-order chi connectivity index (χ1) is 13.2. The number of thiophene rings is 1. The van der Waals surface area contributed by atoms with E-state index >= 15 is 0 Å². The molecule has 2 rings (SSSR count). The van der Waals surface area contributed by atoms with Crippen LogP contribution in [-0.4, -0.2) is 41.1 Å². The van der Waals surface area contributed by atoms with Crippen molar-refractivity contribution in [2.24, 2.45) is 0 Å². The number of phosphoric acid groups is 1. The van der Waals surface area contributed by atoms with Gasteiger partial charge < -0.3 is 29.5 Å². The number of hydrogen-bond acceptors (Lipinski definition) is 9. The van der Waals surface area contributed by atoms with Gasteiger partial charge in [-0.1, -0.05) is 39.0 Å². The summed E-state index contributed by atoms with van der Waals surface area (Å²) in [6, 6.07) is 7.54. The second-order valence-electron chi connectivity index (χ2n) is 7.51. The van der Waals surface area contributed by atoms with Gasteiger partial charge in [-0.25, -0.2) is 0 Å². The number of aliphatic hydroxyl groups is 1. The third-order valence-electron chi connectivity index (χ3n) is 3.85. The fraction of sp³-hybridized carbons (Fsp3) is 0.421. The van der Waals surface area contributed by atoms with Crippen LogP contribution in [0.2, 0.25) is 0 Å². The third kappa shape index (κ3) is 8.76. The highest BCUT2D eigenvalue weighted by atomic mass is 32.1. The van der Waals surface area contributed by atoms with Crippen molar-refractivity contribution in [3.05, 3.63) is 51.2 Å². The van der Waals surface area contributed by atoms with Gasteiger partial charge in [0.2, 0.25) is 5.78 Å². The Balaban J connectivity index is 0.000000749. The van der Waals surface area contributed by atoms with Crippen molar-refractivity contribution in [2.75, 3.05) is 20.2 Å². The van der Waals surface area contributed by atoms with Crippen LogP contribution in [0.4, 0.5) is 0 Å². The molecule has 0 atom stereocenters. The van der Waals surface area contributed by atoms with Crippen LogP contribution in [0.5, 0.6) is 5.75 Å². The molecular formula is C19H25NO7PS-3. The van der Waals surface area contributed by atoms with E-state index in [2.05, 4.69) is 0 Å². The zero-order valence-electron chi connectivity index (χ0n) is 16.7. The van der Waals surface area contributed by atoms with Crippen LogP contribution in [0.25, 0.3) is 0 Å². The highest BCUT2D eigenvalue weighted by molar-refractivity contribution is 7.40. The lowest BCUT2D eigenvalue weighted by Crippen LogP contribution is -2.24. The van der Waals surface area contributed by atoms with Crippen molar-refractivity contribution in [2.45, 2.75) is 32.7 Å². The smallest absolute Gasteiger partial charge is 0.203 e. The number of carbonyl (C=O) groups excluding carboxylic acids is 1. The molecule has 0 aliphatic rings. The van der Waals surface area contributed by atoms with Crippen LogP contribution in [0.1, 0.15) is 47.1 Å². The van der Waals surface area contributed by atoms with Gasteiger partial charge in [0.25, 0.3) is 0 Å². The molecule has 29 heavy (non-hydrogen) atoms. The van der Waals surface area contributed by atoms with Crippen LogP contribution in [0.3, 0.4) is 0 Å². The summed E-state index contributed by atoms with van der Waals surface area (Å²) >= 11 is 1.29. The van der Waals surface area contributed by atoms with E-state index in [1.807, 2.05) is 50.9 Å². The summed E-state index contributed by atoms with van der Waals surface area (Å²) in [4.78, 5) is 41.2. The van der Waals surface area contributed by atoms with Crippen molar-refractivity contribution >= 4 is 24.9 Å². The SMILES string of the molecule is CN(CCO)Cc1cccc(C(=O)c2scc(O)c2C(C)(C)C)c1.O=P([O-])([O-])[O-]. The Morgan fingerprint density at radius 2 is 1.83 bits per heavy atom. The van der Waals surface area contributed by atoms with Gasteiger partial charge in [0.1, 0.15) is 5.75 Å². The lowest BCUT2D eigenvalue weighted by molar-refractivity contribution is -0.432. The Hall–Kier alpha value is -1.58. The molecule has 0 unspecified atom stereocenters. The minimum atomic E-state index is -5.39. The summed E-state index contributed by atoms with van der Waals surface area (Å²) in [5.74, 6) is 0.131. The van der Waals surface area contributed by atoms with Crippen LogP contribution in [-0.2, 0) is 16.5 Å². The van der Waals surface area contributed by atoms with Crippen LogP contribution in [0.15, 0.2) is 29.6 Å². The van der Waals surface area contributed by atoms with E-state index in [0.29, 0.717) is 29.1 Å². The summed E-state index contributed by atoms with van der Waals surface area (Å²) in [7, 11) is -3.46. The quantitative estimate of drug-likeness (QED) is 0.488. The maximum atomic E-state index is 12.9. The summed E-state index contributed by atoms with van der Waals surface area (Å²) in [6.07, 6.45) is 0. The Labute approximate surface area is 174 Å². The summed E-state index contributed by atoms with van der Waals surface area (Å²) in [6.45, 7) is 7.34. The van der Waals surface area contributed by atoms with Gasteiger partial charge in [0.05, 0.1) is 11.5 Å². The Morgan fingerprint density at radius 1 is 1.24 bits per heavy atom. The minimum absolute atomic E-state index is 0.0584. The Kier molecular flexibility index (Phi) is 9.17. The fourth-order valence-corrected chi connectivity index (χ4v) is 3.85. The molecule has 0 aliphatic carbocycles. The molecule has 1 aromatic heterocycles. The minimum Gasteiger partial charge on any atom is -0.822 e. The second kappa shape index (κ2) is 10.4. The standard InChI is InChI=1S/C19H25NO3S.H3O4P/c1-19(2,3)16-15(22)12-24-18(16)17(23)14-7-5-6-13(10-14)11-20(4)8-9-21;1-5(2,3)4/h5-7,10,12,21-22H,8-9,11H2,1-4H3;(H3,1,2,3,4)/p-3. The number of nitrogens with zero attached hydrogens (tertiary/aromatic N) is 1. The molecule has 10 heteroatoms. The van der Waals surface area contributed by atoms with Gasteiger partial charge in [-0.05, 0) is 24.1 Å². The summed E-state index contributed by atoms with van der Waals surface area (Å²) < 4.78 is 8.55. The molecule has 0 fully saturated rings. The number of hydrogen-bond donors (Lipinski definition) is 2. The predicted octanol–water partition coefficient (Wildman–Crippen LogP) is 0.582. The molecule has 2 N–H and O–H groups in total. The molecule has 8 nitrogen and oxygen atoms in total. The van der Waals surface area contributed by atoms with Crippen LogP contribution >= 0.6 is 19.2 Å². The first-order valence-corrected chi connectivity index (χ1v) is 11.0. The average molecular weight is 442 g/mol. The molecule has 2 aromatic rings. The van der Waals surface area contributed by atoms with Crippen LogP contribution in [0, 0.1) is 0 Å². The van der Waals surface area contributed by atoms with Crippen molar-refractivity contribution in [3.8, 4) is 5.75 Å². The molecule has 0 aliphatic heterocycles. The van der Waals surface area contributed by atoms with Gasteiger partial charge >= 0.3 is 0 Å². The Morgan fingerprint density at radius 3 is 2.34 bits per heavy atom. The predicted molar refractivity (Wildman–Crippen MR) is 106 cm³/mol. The average Bonchev–Trinajstić information content (AvgIpc) is 2.95. The lowest BCUT2D eigenvalue weighted by Gasteiger charge is -2.36. The lowest BCUT2D eigenvalue weighted by atomic mass is 9.85. The maximum Gasteiger partial charge on any atom is 0.203 e. The number of likely N-dealkylation sites (N-methyl/N-ethyl adjacent to an activating group) is 1. The van der Waals surface area contributed by atoms with Gasteiger partial charge in [0, 0.05) is 29.6 Å². The Bertz CT molecular complexity index is 861. The van der Waals surface area contributed by atoms with E-state index in [1.54, 1.807) is 11.4 Å². The first kappa shape index (κ1) is 25.5. The van der Waals surface area contributed by atoms with Crippen molar-refractivity contribution < 1.29 is 34.3 Å². The molecule has 0 saturated carbocycles. The molecule has 1 aromatic carbocycles. The number of benzene rings is 1. The third-order valence-corrected chi connectivity index (χ3v) is 4.82. The van der Waals surface area contributed by atoms with E-state index in [-0.39, 0.29) is 23.6 Å². The molecule has 0 amide bonds. The normalized spacial score (nSPS) is 11.9. The van der Waals surface area contributed by atoms with Crippen LogP contribution < -0.4 is 14.7 Å². The zero-order chi connectivity index (χ0) is 22.4. The number of rotatable bonds is 6. The van der Waals surface area contributed by atoms with Crippen molar-refractivity contribution in [1.29, 1.82) is 0 Å². The number of carbonyl (C=O) groups is 1. The largest absolute Gasteiger partial charge is 0.822 e. The molecule has 1 heterocycles. The van der Waals surface area contributed by atoms with E-state index < -0.39 is 7.82 Å². The van der Waals surface area contributed by atoms with E-state index in [4.69, 9.17) is 24.4 Å². The zero-order valence-corrected chi connectivity index (χ0v) is 18.5. The molecule has 162 valence electrons.